The zero-order valence-electron chi connectivity index (χ0n) is 12.1. The van der Waals surface area contributed by atoms with Crippen molar-refractivity contribution in [3.05, 3.63) is 34.4 Å². The van der Waals surface area contributed by atoms with E-state index < -0.39 is 22.4 Å². The molecule has 3 amide bonds. The Labute approximate surface area is 122 Å². The zero-order chi connectivity index (χ0) is 16.0. The molecule has 0 radical (unpaired) electrons. The van der Waals surface area contributed by atoms with Crippen molar-refractivity contribution in [3.8, 4) is 0 Å². The highest BCUT2D eigenvalue weighted by atomic mass is 16.6. The van der Waals surface area contributed by atoms with Gasteiger partial charge in [0.15, 0.2) is 0 Å². The smallest absolute Gasteiger partial charge is 0.321 e. The zero-order valence-corrected chi connectivity index (χ0v) is 12.1. The lowest BCUT2D eigenvalue weighted by Gasteiger charge is -2.20. The first kappa shape index (κ1) is 16.4. The molecular weight excluding hydrogens is 276 g/mol. The van der Waals surface area contributed by atoms with Gasteiger partial charge in [-0.05, 0) is 26.8 Å². The molecule has 0 saturated heterocycles. The van der Waals surface area contributed by atoms with E-state index in [4.69, 9.17) is 0 Å². The molecule has 0 aliphatic heterocycles. The first-order chi connectivity index (χ1) is 9.67. The summed E-state index contributed by atoms with van der Waals surface area (Å²) in [6.45, 7) is 5.20. The Hall–Kier alpha value is -2.64. The molecule has 0 unspecified atom stereocenters. The van der Waals surface area contributed by atoms with Gasteiger partial charge in [0.1, 0.15) is 0 Å². The van der Waals surface area contributed by atoms with Crippen molar-refractivity contribution in [2.24, 2.45) is 0 Å². The largest absolute Gasteiger partial charge is 0.376 e. The number of carbonyl (C=O) groups is 2. The van der Waals surface area contributed by atoms with Crippen molar-refractivity contribution in [3.63, 3.8) is 0 Å². The van der Waals surface area contributed by atoms with Crippen molar-refractivity contribution in [2.45, 2.75) is 26.3 Å². The SMILES string of the molecule is CC(C)(C)NC(=O)NC(=O)CNc1cccc([N+](=O)[O-])c1. The van der Waals surface area contributed by atoms with Gasteiger partial charge in [-0.2, -0.15) is 0 Å². The van der Waals surface area contributed by atoms with E-state index in [2.05, 4.69) is 16.0 Å². The molecule has 21 heavy (non-hydrogen) atoms. The number of imide groups is 1. The Balaban J connectivity index is 2.48. The molecule has 1 aromatic carbocycles. The number of urea groups is 1. The van der Waals surface area contributed by atoms with Crippen molar-refractivity contribution < 1.29 is 14.5 Å². The lowest BCUT2D eigenvalue weighted by molar-refractivity contribution is -0.384. The fraction of sp³-hybridized carbons (Fsp3) is 0.385. The van der Waals surface area contributed by atoms with E-state index in [1.54, 1.807) is 26.8 Å². The molecule has 0 aliphatic rings. The van der Waals surface area contributed by atoms with E-state index in [1.165, 1.54) is 18.2 Å². The van der Waals surface area contributed by atoms with Gasteiger partial charge in [-0.15, -0.1) is 0 Å². The van der Waals surface area contributed by atoms with Crippen molar-refractivity contribution in [1.29, 1.82) is 0 Å². The van der Waals surface area contributed by atoms with Crippen LogP contribution >= 0.6 is 0 Å². The Kier molecular flexibility index (Phi) is 5.23. The highest BCUT2D eigenvalue weighted by Crippen LogP contribution is 2.16. The van der Waals surface area contributed by atoms with Gasteiger partial charge in [0.2, 0.25) is 5.91 Å². The number of rotatable bonds is 4. The molecular formula is C13H18N4O4. The molecule has 8 heteroatoms. The minimum atomic E-state index is -0.589. The number of hydrogen-bond donors (Lipinski definition) is 3. The molecule has 114 valence electrons. The molecule has 0 fully saturated rings. The molecule has 3 N–H and O–H groups in total. The molecule has 0 bridgehead atoms. The number of benzene rings is 1. The average Bonchev–Trinajstić information content (AvgIpc) is 2.34. The van der Waals surface area contributed by atoms with Crippen LogP contribution in [0, 0.1) is 10.1 Å². The number of anilines is 1. The van der Waals surface area contributed by atoms with Gasteiger partial charge in [-0.25, -0.2) is 4.79 Å². The van der Waals surface area contributed by atoms with Crippen LogP contribution in [0.15, 0.2) is 24.3 Å². The normalized spacial score (nSPS) is 10.6. The van der Waals surface area contributed by atoms with Gasteiger partial charge < -0.3 is 10.6 Å². The van der Waals surface area contributed by atoms with Gasteiger partial charge in [0.25, 0.3) is 5.69 Å². The number of amides is 3. The summed E-state index contributed by atoms with van der Waals surface area (Å²) >= 11 is 0. The summed E-state index contributed by atoms with van der Waals surface area (Å²) in [6, 6.07) is 5.17. The maximum Gasteiger partial charge on any atom is 0.321 e. The van der Waals surface area contributed by atoms with Crippen LogP contribution in [0.4, 0.5) is 16.2 Å². The average molecular weight is 294 g/mol. The highest BCUT2D eigenvalue weighted by Gasteiger charge is 2.15. The van der Waals surface area contributed by atoms with E-state index in [-0.39, 0.29) is 12.2 Å². The predicted molar refractivity (Wildman–Crippen MR) is 78.0 cm³/mol. The van der Waals surface area contributed by atoms with Crippen LogP contribution < -0.4 is 16.0 Å². The van der Waals surface area contributed by atoms with Crippen LogP contribution in [0.3, 0.4) is 0 Å². The summed E-state index contributed by atoms with van der Waals surface area (Å²) in [4.78, 5) is 33.1. The number of non-ortho nitro benzene ring substituents is 1. The highest BCUT2D eigenvalue weighted by molar-refractivity contribution is 5.96. The van der Waals surface area contributed by atoms with E-state index in [0.29, 0.717) is 5.69 Å². The maximum absolute atomic E-state index is 11.6. The second kappa shape index (κ2) is 6.69. The second-order valence-electron chi connectivity index (χ2n) is 5.41. The second-order valence-corrected chi connectivity index (χ2v) is 5.41. The first-order valence-corrected chi connectivity index (χ1v) is 6.28. The lowest BCUT2D eigenvalue weighted by Crippen LogP contribution is -2.49. The van der Waals surface area contributed by atoms with E-state index in [0.717, 1.165) is 0 Å². The summed E-state index contributed by atoms with van der Waals surface area (Å²) < 4.78 is 0. The molecule has 1 rings (SSSR count). The molecule has 0 aliphatic carbocycles. The van der Waals surface area contributed by atoms with Crippen molar-refractivity contribution in [1.82, 2.24) is 10.6 Å². The van der Waals surface area contributed by atoms with Crippen LogP contribution in [-0.4, -0.2) is 28.9 Å². The third-order valence-corrected chi connectivity index (χ3v) is 2.25. The van der Waals surface area contributed by atoms with Gasteiger partial charge >= 0.3 is 6.03 Å². The number of carbonyl (C=O) groups excluding carboxylic acids is 2. The Morgan fingerprint density at radius 3 is 2.52 bits per heavy atom. The Bertz CT molecular complexity index is 551. The molecule has 0 atom stereocenters. The molecule has 1 aromatic rings. The number of nitrogens with one attached hydrogen (secondary N) is 3. The Morgan fingerprint density at radius 2 is 1.95 bits per heavy atom. The van der Waals surface area contributed by atoms with Crippen LogP contribution in [-0.2, 0) is 4.79 Å². The van der Waals surface area contributed by atoms with E-state index >= 15 is 0 Å². The first-order valence-electron chi connectivity index (χ1n) is 6.28. The van der Waals surface area contributed by atoms with E-state index in [1.807, 2.05) is 0 Å². The molecule has 0 aromatic heterocycles. The van der Waals surface area contributed by atoms with Crippen LogP contribution in [0.2, 0.25) is 0 Å². The van der Waals surface area contributed by atoms with Gasteiger partial charge in [-0.3, -0.25) is 20.2 Å². The standard InChI is InChI=1S/C13H18N4O4/c1-13(2,3)16-12(19)15-11(18)8-14-9-5-4-6-10(7-9)17(20)21/h4-7,14H,8H2,1-3H3,(H2,15,16,18,19). The fourth-order valence-electron chi connectivity index (χ4n) is 1.45. The fourth-order valence-corrected chi connectivity index (χ4v) is 1.45. The van der Waals surface area contributed by atoms with Gasteiger partial charge in [0, 0.05) is 23.4 Å². The third kappa shape index (κ3) is 6.37. The summed E-state index contributed by atoms with van der Waals surface area (Å²) in [6.07, 6.45) is 0. The topological polar surface area (TPSA) is 113 Å². The molecule has 0 saturated carbocycles. The van der Waals surface area contributed by atoms with Crippen LogP contribution in [0.5, 0.6) is 0 Å². The summed E-state index contributed by atoms with van der Waals surface area (Å²) in [5.74, 6) is -0.539. The van der Waals surface area contributed by atoms with Crippen LogP contribution in [0.25, 0.3) is 0 Å². The summed E-state index contributed by atoms with van der Waals surface area (Å²) in [5, 5.41) is 18.1. The minimum Gasteiger partial charge on any atom is -0.376 e. The van der Waals surface area contributed by atoms with Gasteiger partial charge in [0.05, 0.1) is 11.5 Å². The molecule has 0 heterocycles. The number of nitro benzene ring substituents is 1. The quantitative estimate of drug-likeness (QED) is 0.577. The number of hydrogen-bond acceptors (Lipinski definition) is 5. The maximum atomic E-state index is 11.6. The van der Waals surface area contributed by atoms with Gasteiger partial charge in [-0.1, -0.05) is 6.07 Å². The lowest BCUT2D eigenvalue weighted by atomic mass is 10.1. The third-order valence-electron chi connectivity index (χ3n) is 2.25. The molecule has 0 spiro atoms. The molecule has 8 nitrogen and oxygen atoms in total. The number of nitro groups is 1. The summed E-state index contributed by atoms with van der Waals surface area (Å²) in [5.41, 5.74) is -0.0980. The Morgan fingerprint density at radius 1 is 1.29 bits per heavy atom. The van der Waals surface area contributed by atoms with Crippen molar-refractivity contribution >= 4 is 23.3 Å². The minimum absolute atomic E-state index is 0.0779. The predicted octanol–water partition coefficient (Wildman–Crippen LogP) is 1.63. The van der Waals surface area contributed by atoms with Crippen molar-refractivity contribution in [2.75, 3.05) is 11.9 Å². The number of nitrogens with zero attached hydrogens (tertiary/aromatic N) is 1. The van der Waals surface area contributed by atoms with E-state index in [9.17, 15) is 19.7 Å². The summed E-state index contributed by atoms with van der Waals surface area (Å²) in [7, 11) is 0. The van der Waals surface area contributed by atoms with Crippen LogP contribution in [0.1, 0.15) is 20.8 Å². The monoisotopic (exact) mass is 294 g/mol.